The first-order valence-corrected chi connectivity index (χ1v) is 26.0. The van der Waals surface area contributed by atoms with Crippen molar-refractivity contribution in [3.05, 3.63) is 212 Å². The molecule has 0 spiro atoms. The molecule has 73 heavy (non-hydrogen) atoms. The highest BCUT2D eigenvalue weighted by Crippen LogP contribution is 2.61. The van der Waals surface area contributed by atoms with Crippen LogP contribution in [0.1, 0.15) is 94.5 Å². The predicted molar refractivity (Wildman–Crippen MR) is 308 cm³/mol. The molecule has 0 amide bonds. The molecule has 0 saturated carbocycles. The summed E-state index contributed by atoms with van der Waals surface area (Å²) in [5.41, 5.74) is 30.0. The zero-order chi connectivity index (χ0) is 50.6. The Morgan fingerprint density at radius 3 is 1.21 bits per heavy atom. The quantitative estimate of drug-likeness (QED) is 0.166. The van der Waals surface area contributed by atoms with Crippen molar-refractivity contribution in [2.45, 2.75) is 100 Å². The first-order chi connectivity index (χ1) is 35.0. The molecule has 0 aliphatic heterocycles. The number of hydrogen-bond acceptors (Lipinski definition) is 4. The van der Waals surface area contributed by atoms with Crippen LogP contribution in [0, 0.1) is 55.4 Å². The van der Waals surface area contributed by atoms with E-state index in [0.717, 1.165) is 73.6 Å². The van der Waals surface area contributed by atoms with Gasteiger partial charge in [0.05, 0.1) is 11.4 Å². The second-order valence-electron chi connectivity index (χ2n) is 22.8. The third-order valence-electron chi connectivity index (χ3n) is 16.6. The molecule has 11 aromatic rings. The van der Waals surface area contributed by atoms with E-state index in [0.29, 0.717) is 0 Å². The largest absolute Gasteiger partial charge is 0.454 e. The number of fused-ring (bicyclic) bond motifs is 14. The Morgan fingerprint density at radius 2 is 0.781 bits per heavy atom. The summed E-state index contributed by atoms with van der Waals surface area (Å²) in [5.74, 6) is 0. The first kappa shape index (κ1) is 45.1. The van der Waals surface area contributed by atoms with E-state index in [-0.39, 0.29) is 10.8 Å². The first-order valence-electron chi connectivity index (χ1n) is 26.0. The van der Waals surface area contributed by atoms with E-state index in [1.165, 1.54) is 99.8 Å². The fourth-order valence-electron chi connectivity index (χ4n) is 13.2. The molecule has 4 heteroatoms. The molecule has 2 aliphatic carbocycles. The van der Waals surface area contributed by atoms with Crippen LogP contribution in [0.5, 0.6) is 0 Å². The normalized spacial score (nSPS) is 14.2. The van der Waals surface area contributed by atoms with Crippen LogP contribution >= 0.6 is 0 Å². The van der Waals surface area contributed by atoms with Gasteiger partial charge in [-0.3, -0.25) is 0 Å². The number of furan rings is 2. The van der Waals surface area contributed by atoms with Crippen molar-refractivity contribution in [3.8, 4) is 22.3 Å². The fourth-order valence-corrected chi connectivity index (χ4v) is 13.2. The van der Waals surface area contributed by atoms with Crippen molar-refractivity contribution in [2.75, 3.05) is 9.80 Å². The van der Waals surface area contributed by atoms with Gasteiger partial charge in [0.1, 0.15) is 11.2 Å². The molecule has 0 unspecified atom stereocenters. The standard InChI is InChI=1S/C69H62N2O2/c1-38-21-25-54(42(5)29-38)70(55-26-22-39(2)30-43(55)6)58-35-52-62(64-47-17-13-15-19-60(47)72-66(58)64)49-34-51-50(33-46(49)37-68(52,9)10)63-53(69(51,11)12)36-59(67-65(63)48-18-14-16-20-61(48)73-67)71(56-27-23-40(3)31-44(56)7)57-28-24-41(4)32-45(57)8/h13-36H,37H2,1-12H3. The van der Waals surface area contributed by atoms with Crippen LogP contribution in [0.2, 0.25) is 0 Å². The number of rotatable bonds is 6. The maximum atomic E-state index is 7.23. The summed E-state index contributed by atoms with van der Waals surface area (Å²) < 4.78 is 14.4. The van der Waals surface area contributed by atoms with E-state index in [9.17, 15) is 0 Å². The van der Waals surface area contributed by atoms with E-state index in [4.69, 9.17) is 8.83 Å². The van der Waals surface area contributed by atoms with Crippen LogP contribution in [0.4, 0.5) is 34.1 Å². The van der Waals surface area contributed by atoms with Crippen molar-refractivity contribution in [1.82, 2.24) is 0 Å². The smallest absolute Gasteiger partial charge is 0.160 e. The number of nitrogens with zero attached hydrogens (tertiary/aromatic N) is 2. The molecule has 2 aromatic heterocycles. The molecule has 0 atom stereocenters. The van der Waals surface area contributed by atoms with Gasteiger partial charge in [0.15, 0.2) is 11.2 Å². The van der Waals surface area contributed by atoms with Gasteiger partial charge < -0.3 is 18.6 Å². The topological polar surface area (TPSA) is 32.8 Å². The summed E-state index contributed by atoms with van der Waals surface area (Å²) in [6.45, 7) is 27.4. The van der Waals surface area contributed by atoms with E-state index in [2.05, 4.69) is 238 Å². The molecular formula is C69H62N2O2. The van der Waals surface area contributed by atoms with Gasteiger partial charge in [-0.2, -0.15) is 0 Å². The van der Waals surface area contributed by atoms with Gasteiger partial charge in [-0.1, -0.05) is 141 Å². The van der Waals surface area contributed by atoms with Crippen LogP contribution in [0.3, 0.4) is 0 Å². The van der Waals surface area contributed by atoms with Crippen molar-refractivity contribution in [1.29, 1.82) is 0 Å². The van der Waals surface area contributed by atoms with Crippen molar-refractivity contribution in [2.24, 2.45) is 0 Å². The van der Waals surface area contributed by atoms with Crippen molar-refractivity contribution >= 4 is 78.0 Å². The van der Waals surface area contributed by atoms with E-state index >= 15 is 0 Å². The average molecular weight is 951 g/mol. The third-order valence-corrected chi connectivity index (χ3v) is 16.6. The molecule has 360 valence electrons. The zero-order valence-corrected chi connectivity index (χ0v) is 44.3. The molecule has 9 aromatic carbocycles. The number of anilines is 6. The Bertz CT molecular complexity index is 4070. The Morgan fingerprint density at radius 1 is 0.384 bits per heavy atom. The van der Waals surface area contributed by atoms with Gasteiger partial charge >= 0.3 is 0 Å². The summed E-state index contributed by atoms with van der Waals surface area (Å²) in [7, 11) is 0. The number of aryl methyl sites for hydroxylation is 8. The second-order valence-corrected chi connectivity index (χ2v) is 22.8. The zero-order valence-electron chi connectivity index (χ0n) is 44.3. The average Bonchev–Trinajstić information content (AvgIpc) is 3.99. The lowest BCUT2D eigenvalue weighted by Crippen LogP contribution is -2.27. The molecule has 13 rings (SSSR count). The molecule has 0 bridgehead atoms. The molecule has 0 saturated heterocycles. The van der Waals surface area contributed by atoms with Crippen LogP contribution < -0.4 is 9.80 Å². The monoisotopic (exact) mass is 950 g/mol. The van der Waals surface area contributed by atoms with Gasteiger partial charge in [0.25, 0.3) is 0 Å². The van der Waals surface area contributed by atoms with Crippen molar-refractivity contribution in [3.63, 3.8) is 0 Å². The predicted octanol–water partition coefficient (Wildman–Crippen LogP) is 19.7. The van der Waals surface area contributed by atoms with Gasteiger partial charge in [0.2, 0.25) is 0 Å². The summed E-state index contributed by atoms with van der Waals surface area (Å²) in [6.07, 6.45) is 0.882. The molecule has 4 nitrogen and oxygen atoms in total. The highest BCUT2D eigenvalue weighted by molar-refractivity contribution is 6.21. The van der Waals surface area contributed by atoms with Gasteiger partial charge in [-0.15, -0.1) is 0 Å². The minimum Gasteiger partial charge on any atom is -0.454 e. The highest BCUT2D eigenvalue weighted by Gasteiger charge is 2.43. The van der Waals surface area contributed by atoms with E-state index < -0.39 is 0 Å². The van der Waals surface area contributed by atoms with Gasteiger partial charge in [0, 0.05) is 49.7 Å². The maximum Gasteiger partial charge on any atom is 0.160 e. The second kappa shape index (κ2) is 15.8. The fraction of sp³-hybridized carbons (Fsp3) is 0.217. The van der Waals surface area contributed by atoms with Gasteiger partial charge in [-0.05, 0) is 189 Å². The Balaban J connectivity index is 1.10. The lowest BCUT2D eigenvalue weighted by Gasteiger charge is -2.37. The van der Waals surface area contributed by atoms with Crippen molar-refractivity contribution < 1.29 is 8.83 Å². The van der Waals surface area contributed by atoms with Gasteiger partial charge in [-0.25, -0.2) is 0 Å². The Labute approximate surface area is 429 Å². The molecule has 2 aliphatic rings. The SMILES string of the molecule is Cc1ccc(N(c2ccc(C)cc2C)c2cc3c(c4c2oc2ccccc24)-c2cc4c(cc2CC3(C)C)-c2c(cc(N(c3ccc(C)cc3C)c3ccc(C)cc3C)c3oc5ccccc5c23)C4(C)C)c(C)c1. The summed E-state index contributed by atoms with van der Waals surface area (Å²) in [4.78, 5) is 4.94. The van der Waals surface area contributed by atoms with Crippen LogP contribution in [-0.2, 0) is 17.3 Å². The summed E-state index contributed by atoms with van der Waals surface area (Å²) in [6, 6.07) is 54.7. The number of para-hydroxylation sites is 2. The molecule has 0 N–H and O–H groups in total. The van der Waals surface area contributed by atoms with Crippen LogP contribution in [0.15, 0.2) is 154 Å². The lowest BCUT2D eigenvalue weighted by atomic mass is 9.67. The Kier molecular flexibility index (Phi) is 9.78. The number of hydrogen-bond donors (Lipinski definition) is 0. The summed E-state index contributed by atoms with van der Waals surface area (Å²) >= 11 is 0. The minimum absolute atomic E-state index is 0.231. The molecule has 0 fully saturated rings. The van der Waals surface area contributed by atoms with Crippen LogP contribution in [0.25, 0.3) is 66.1 Å². The van der Waals surface area contributed by atoms with E-state index in [1.807, 2.05) is 0 Å². The highest BCUT2D eigenvalue weighted by atomic mass is 16.3. The molecular weight excluding hydrogens is 889 g/mol. The lowest BCUT2D eigenvalue weighted by molar-refractivity contribution is 0.517. The maximum absolute atomic E-state index is 7.23. The molecule has 0 radical (unpaired) electrons. The number of benzene rings is 9. The Hall–Kier alpha value is -7.82. The van der Waals surface area contributed by atoms with E-state index in [1.54, 1.807) is 0 Å². The third kappa shape index (κ3) is 6.65. The van der Waals surface area contributed by atoms with Crippen LogP contribution in [-0.4, -0.2) is 0 Å². The minimum atomic E-state index is -0.370. The molecule has 2 heterocycles. The summed E-state index contributed by atoms with van der Waals surface area (Å²) in [5, 5.41) is 4.63.